The third-order valence-electron chi connectivity index (χ3n) is 5.51. The molecule has 0 nitrogen and oxygen atoms in total. The second-order valence-electron chi connectivity index (χ2n) is 6.89. The Balaban J connectivity index is 2.25. The lowest BCUT2D eigenvalue weighted by molar-refractivity contribution is 0.525. The van der Waals surface area contributed by atoms with Crippen molar-refractivity contribution in [2.75, 3.05) is 0 Å². The van der Waals surface area contributed by atoms with Crippen molar-refractivity contribution in [2.24, 2.45) is 0 Å². The highest BCUT2D eigenvalue weighted by atomic mass is 19.2. The number of benzene rings is 4. The molecule has 8 aromatic rings. The maximum atomic E-state index is 15.2. The molecular formula is C24H8F4. The molecule has 0 fully saturated rings. The summed E-state index contributed by atoms with van der Waals surface area (Å²) >= 11 is 0. The third-order valence-corrected chi connectivity index (χ3v) is 5.51. The van der Waals surface area contributed by atoms with Crippen molar-refractivity contribution in [2.45, 2.75) is 0 Å². The number of hydrogen-bond acceptors (Lipinski definition) is 0. The predicted octanol–water partition coefficient (Wildman–Crippen LogP) is 7.05. The molecule has 0 atom stereocenters. The Morgan fingerprint density at radius 3 is 2.21 bits per heavy atom. The SMILES string of the molecule is Fc1c(F)c2ccc1c1[c]c(F)c3c4ccc(c(F)c4)c1c3c1cc[c]cc21. The van der Waals surface area contributed by atoms with E-state index in [1.54, 1.807) is 24.3 Å². The zero-order valence-corrected chi connectivity index (χ0v) is 14.1. The highest BCUT2D eigenvalue weighted by Gasteiger charge is 2.21. The Labute approximate surface area is 155 Å². The van der Waals surface area contributed by atoms with Crippen LogP contribution in [0.5, 0.6) is 0 Å². The fourth-order valence-electron chi connectivity index (χ4n) is 4.30. The summed E-state index contributed by atoms with van der Waals surface area (Å²) in [6, 6.07) is 17.5. The maximum Gasteiger partial charge on any atom is 0.167 e. The zero-order chi connectivity index (χ0) is 19.2. The summed E-state index contributed by atoms with van der Waals surface area (Å²) < 4.78 is 60.0. The fourth-order valence-corrected chi connectivity index (χ4v) is 4.30. The number of hydrogen-bond donors (Lipinski definition) is 0. The van der Waals surface area contributed by atoms with Crippen LogP contribution in [0, 0.1) is 35.4 Å². The van der Waals surface area contributed by atoms with E-state index in [-0.39, 0.29) is 26.9 Å². The van der Waals surface area contributed by atoms with Crippen LogP contribution in [0.3, 0.4) is 0 Å². The average Bonchev–Trinajstić information content (AvgIpc) is 2.85. The Kier molecular flexibility index (Phi) is 2.85. The van der Waals surface area contributed by atoms with Crippen LogP contribution in [0.1, 0.15) is 0 Å². The molecule has 0 saturated heterocycles. The zero-order valence-electron chi connectivity index (χ0n) is 14.1. The van der Waals surface area contributed by atoms with Crippen LogP contribution in [-0.2, 0) is 0 Å². The summed E-state index contributed by atoms with van der Waals surface area (Å²) in [4.78, 5) is 0. The Morgan fingerprint density at radius 2 is 1.39 bits per heavy atom. The molecule has 0 aliphatic rings. The second kappa shape index (κ2) is 5.10. The van der Waals surface area contributed by atoms with Crippen molar-refractivity contribution >= 4 is 53.9 Å². The molecule has 0 unspecified atom stereocenters. The van der Waals surface area contributed by atoms with Gasteiger partial charge in [-0.2, -0.15) is 0 Å². The fraction of sp³-hybridized carbons (Fsp3) is 0. The molecule has 28 heavy (non-hydrogen) atoms. The van der Waals surface area contributed by atoms with Gasteiger partial charge in [-0.3, -0.25) is 0 Å². The van der Waals surface area contributed by atoms with Gasteiger partial charge in [0, 0.05) is 43.8 Å². The first-order valence-electron chi connectivity index (χ1n) is 8.64. The maximum absolute atomic E-state index is 15.2. The van der Waals surface area contributed by atoms with Crippen molar-refractivity contribution in [3.8, 4) is 0 Å². The van der Waals surface area contributed by atoms with Crippen molar-refractivity contribution in [3.05, 3.63) is 83.9 Å². The molecule has 0 aromatic heterocycles. The summed E-state index contributed by atoms with van der Waals surface area (Å²) in [7, 11) is 0. The van der Waals surface area contributed by atoms with Crippen LogP contribution < -0.4 is 0 Å². The Hall–Kier alpha value is -3.40. The summed E-state index contributed by atoms with van der Waals surface area (Å²) in [5.74, 6) is -3.42. The molecule has 132 valence electrons. The van der Waals surface area contributed by atoms with Crippen LogP contribution in [0.25, 0.3) is 53.9 Å². The van der Waals surface area contributed by atoms with E-state index in [0.29, 0.717) is 26.9 Å². The molecule has 0 aliphatic carbocycles. The minimum Gasteiger partial charge on any atom is -0.206 e. The lowest BCUT2D eigenvalue weighted by Gasteiger charge is -2.05. The van der Waals surface area contributed by atoms with Crippen molar-refractivity contribution in [3.63, 3.8) is 0 Å². The van der Waals surface area contributed by atoms with Gasteiger partial charge in [0.15, 0.2) is 11.6 Å². The second-order valence-corrected chi connectivity index (χ2v) is 6.89. The first-order chi connectivity index (χ1) is 13.6. The normalized spacial score (nSPS) is 12.3. The van der Waals surface area contributed by atoms with E-state index in [4.69, 9.17) is 0 Å². The first kappa shape index (κ1) is 15.6. The van der Waals surface area contributed by atoms with Gasteiger partial charge in [-0.25, -0.2) is 17.6 Å². The monoisotopic (exact) mass is 372 g/mol. The molecule has 8 rings (SSSR count). The lowest BCUT2D eigenvalue weighted by atomic mass is 9.98. The molecule has 0 amide bonds. The van der Waals surface area contributed by atoms with E-state index in [9.17, 15) is 13.2 Å². The van der Waals surface area contributed by atoms with Crippen LogP contribution >= 0.6 is 0 Å². The highest BCUT2D eigenvalue weighted by Crippen LogP contribution is 2.42. The minimum absolute atomic E-state index is 0.00577. The summed E-state index contributed by atoms with van der Waals surface area (Å²) in [5.41, 5.74) is 0. The van der Waals surface area contributed by atoms with Crippen LogP contribution in [0.2, 0.25) is 0 Å². The molecule has 0 spiro atoms. The number of halogens is 4. The van der Waals surface area contributed by atoms with Crippen molar-refractivity contribution in [1.29, 1.82) is 0 Å². The number of rotatable bonds is 0. The summed E-state index contributed by atoms with van der Waals surface area (Å²) in [5, 5.41) is 2.23. The molecule has 4 heteroatoms. The van der Waals surface area contributed by atoms with E-state index in [2.05, 4.69) is 12.1 Å². The predicted molar refractivity (Wildman–Crippen MR) is 103 cm³/mol. The van der Waals surface area contributed by atoms with E-state index in [0.717, 1.165) is 0 Å². The van der Waals surface area contributed by atoms with Crippen LogP contribution in [-0.4, -0.2) is 0 Å². The first-order valence-corrected chi connectivity index (χ1v) is 8.64. The van der Waals surface area contributed by atoms with Gasteiger partial charge < -0.3 is 0 Å². The standard InChI is InChI=1S/C24H8F4/c25-18-9-11-5-6-16(18)21-17-10-19(26)20(11)22(21)13-4-2-1-3-12(13)14-7-8-15(17)24(28)23(14)27/h2-9H. The van der Waals surface area contributed by atoms with E-state index < -0.39 is 23.3 Å². The van der Waals surface area contributed by atoms with Gasteiger partial charge in [0.25, 0.3) is 0 Å². The molecule has 0 heterocycles. The Bertz CT molecular complexity index is 1600. The summed E-state index contributed by atoms with van der Waals surface area (Å²) in [6.07, 6.45) is 0. The quantitative estimate of drug-likeness (QED) is 0.251. The lowest BCUT2D eigenvalue weighted by Crippen LogP contribution is -1.87. The third kappa shape index (κ3) is 1.75. The van der Waals surface area contributed by atoms with Gasteiger partial charge in [0.05, 0.1) is 0 Å². The molecule has 8 bridgehead atoms. The van der Waals surface area contributed by atoms with Gasteiger partial charge in [-0.1, -0.05) is 36.4 Å². The van der Waals surface area contributed by atoms with Gasteiger partial charge in [0.1, 0.15) is 11.6 Å². The molecule has 0 saturated carbocycles. The van der Waals surface area contributed by atoms with Crippen LogP contribution in [0.15, 0.2) is 48.5 Å². The summed E-state index contributed by atoms with van der Waals surface area (Å²) in [6.45, 7) is 0. The molecule has 0 N–H and O–H groups in total. The molecule has 8 aromatic carbocycles. The average molecular weight is 372 g/mol. The molecule has 2 radical (unpaired) electrons. The largest absolute Gasteiger partial charge is 0.206 e. The van der Waals surface area contributed by atoms with Gasteiger partial charge >= 0.3 is 0 Å². The smallest absolute Gasteiger partial charge is 0.167 e. The minimum atomic E-state index is -1.11. The van der Waals surface area contributed by atoms with Gasteiger partial charge in [-0.15, -0.1) is 0 Å². The van der Waals surface area contributed by atoms with Gasteiger partial charge in [-0.05, 0) is 34.4 Å². The molecular weight excluding hydrogens is 364 g/mol. The van der Waals surface area contributed by atoms with Crippen molar-refractivity contribution < 1.29 is 17.6 Å². The van der Waals surface area contributed by atoms with Crippen molar-refractivity contribution in [1.82, 2.24) is 0 Å². The molecule has 0 aliphatic heterocycles. The van der Waals surface area contributed by atoms with Crippen LogP contribution in [0.4, 0.5) is 17.6 Å². The van der Waals surface area contributed by atoms with Gasteiger partial charge in [0.2, 0.25) is 0 Å². The highest BCUT2D eigenvalue weighted by molar-refractivity contribution is 6.31. The topological polar surface area (TPSA) is 0 Å². The number of fused-ring (bicyclic) bond motifs is 4. The Morgan fingerprint density at radius 1 is 0.643 bits per heavy atom. The van der Waals surface area contributed by atoms with E-state index in [1.807, 2.05) is 0 Å². The van der Waals surface area contributed by atoms with E-state index >= 15 is 4.39 Å². The van der Waals surface area contributed by atoms with E-state index in [1.165, 1.54) is 24.3 Å².